The van der Waals surface area contributed by atoms with Crippen molar-refractivity contribution in [2.24, 2.45) is 93.2 Å². The molecule has 8 N–H and O–H groups in total. The molecule has 0 aromatic rings. The molecular weight excluding hydrogens is 660 g/mol. The van der Waals surface area contributed by atoms with Crippen LogP contribution in [-0.4, -0.2) is 91.8 Å². The molecule has 0 radical (unpaired) electrons. The van der Waals surface area contributed by atoms with Crippen molar-refractivity contribution in [2.75, 3.05) is 39.6 Å². The van der Waals surface area contributed by atoms with Gasteiger partial charge in [0, 0.05) is 68.1 Å². The van der Waals surface area contributed by atoms with Gasteiger partial charge < -0.3 is 46.4 Å². The molecule has 0 aromatic carbocycles. The minimum Gasteiger partial charge on any atom is -0.465 e. The Balaban J connectivity index is 1.81. The van der Waals surface area contributed by atoms with Crippen molar-refractivity contribution in [1.29, 1.82) is 0 Å². The summed E-state index contributed by atoms with van der Waals surface area (Å²) in [5, 5.41) is 20.6. The van der Waals surface area contributed by atoms with E-state index in [0.717, 1.165) is 6.29 Å². The van der Waals surface area contributed by atoms with Crippen LogP contribution in [0.25, 0.3) is 0 Å². The molecule has 0 aromatic heterocycles. The highest BCUT2D eigenvalue weighted by atomic mass is 16.5. The maximum Gasteiger partial charge on any atom is 0.322 e. The van der Waals surface area contributed by atoms with Crippen LogP contribution in [0.15, 0.2) is 4.99 Å². The number of Topliss-reactive ketones (excluding diaryl/α,β-unsaturated/α-hetero) is 1. The highest BCUT2D eigenvalue weighted by Crippen LogP contribution is 2.54. The van der Waals surface area contributed by atoms with Gasteiger partial charge >= 0.3 is 17.9 Å². The molecule has 3 aliphatic rings. The minimum absolute atomic E-state index is 0.0219. The van der Waals surface area contributed by atoms with Crippen molar-refractivity contribution in [2.45, 2.75) is 85.1 Å². The highest BCUT2D eigenvalue weighted by molar-refractivity contribution is 5.86. The van der Waals surface area contributed by atoms with Crippen molar-refractivity contribution in [3.05, 3.63) is 0 Å². The molecule has 14 heteroatoms. The van der Waals surface area contributed by atoms with Gasteiger partial charge in [0.05, 0.1) is 19.8 Å². The normalized spacial score (nSPS) is 31.1. The third kappa shape index (κ3) is 11.7. The van der Waals surface area contributed by atoms with Crippen LogP contribution >= 0.6 is 0 Å². The van der Waals surface area contributed by atoms with E-state index in [1.807, 2.05) is 27.7 Å². The number of guanidine groups is 1. The molecule has 14 nitrogen and oxygen atoms in total. The number of carbonyl (C=O) groups is 5. The van der Waals surface area contributed by atoms with Crippen molar-refractivity contribution in [3.63, 3.8) is 0 Å². The number of ether oxygens (including phenoxy) is 3. The Morgan fingerprint density at radius 1 is 0.824 bits per heavy atom. The molecule has 3 rings (SSSR count). The fraction of sp³-hybridized carbons (Fsp3) is 0.838. The molecule has 3 fully saturated rings. The first-order chi connectivity index (χ1) is 24.2. The molecular formula is C37H62N4O10. The van der Waals surface area contributed by atoms with Gasteiger partial charge in [-0.2, -0.15) is 0 Å². The number of carbonyl (C=O) groups excluding carboxylic acids is 5. The zero-order chi connectivity index (χ0) is 37.8. The first-order valence-electron chi connectivity index (χ1n) is 18.7. The van der Waals surface area contributed by atoms with Crippen LogP contribution in [0.1, 0.15) is 79.1 Å². The monoisotopic (exact) mass is 722 g/mol. The lowest BCUT2D eigenvalue weighted by atomic mass is 9.73. The van der Waals surface area contributed by atoms with Gasteiger partial charge in [-0.05, 0) is 74.0 Å². The largest absolute Gasteiger partial charge is 0.465 e. The fourth-order valence-electron chi connectivity index (χ4n) is 8.94. The summed E-state index contributed by atoms with van der Waals surface area (Å²) in [6.07, 6.45) is 4.00. The zero-order valence-corrected chi connectivity index (χ0v) is 30.8. The summed E-state index contributed by atoms with van der Waals surface area (Å²) < 4.78 is 17.0. The number of hydrogen-bond donors (Lipinski definition) is 5. The minimum atomic E-state index is -0.899. The molecule has 11 atom stereocenters. The number of nitrogens with two attached hydrogens (primary N) is 3. The Morgan fingerprint density at radius 3 is 1.88 bits per heavy atom. The number of nitrogens with zero attached hydrogens (tertiary/aromatic N) is 1. The average Bonchev–Trinajstić information content (AvgIpc) is 3.73. The number of aliphatic imine (C=N–C) groups is 1. The summed E-state index contributed by atoms with van der Waals surface area (Å²) in [5.74, 6) is -5.02. The second-order valence-corrected chi connectivity index (χ2v) is 15.8. The van der Waals surface area contributed by atoms with Gasteiger partial charge in [-0.3, -0.25) is 24.2 Å². The van der Waals surface area contributed by atoms with Crippen LogP contribution in [0.4, 0.5) is 0 Å². The van der Waals surface area contributed by atoms with Crippen molar-refractivity contribution < 1.29 is 48.4 Å². The maximum absolute atomic E-state index is 14.5. The van der Waals surface area contributed by atoms with Crippen LogP contribution in [-0.2, 0) is 38.2 Å². The van der Waals surface area contributed by atoms with E-state index in [0.29, 0.717) is 45.1 Å². The van der Waals surface area contributed by atoms with Crippen LogP contribution in [0.3, 0.4) is 0 Å². The molecule has 3 aliphatic carbocycles. The molecule has 0 heterocycles. The Bertz CT molecular complexity index is 1210. The smallest absolute Gasteiger partial charge is 0.322 e. The molecule has 0 saturated heterocycles. The predicted molar refractivity (Wildman–Crippen MR) is 188 cm³/mol. The number of rotatable bonds is 20. The van der Waals surface area contributed by atoms with E-state index in [1.165, 1.54) is 0 Å². The second-order valence-electron chi connectivity index (χ2n) is 15.8. The molecule has 0 spiro atoms. The number of ketones is 1. The predicted octanol–water partition coefficient (Wildman–Crippen LogP) is 1.60. The maximum atomic E-state index is 14.5. The van der Waals surface area contributed by atoms with Gasteiger partial charge in [-0.25, -0.2) is 0 Å². The first kappa shape index (κ1) is 42.3. The van der Waals surface area contributed by atoms with E-state index >= 15 is 0 Å². The van der Waals surface area contributed by atoms with E-state index in [4.69, 9.17) is 31.4 Å². The average molecular weight is 723 g/mol. The number of esters is 3. The molecule has 0 bridgehead atoms. The fourth-order valence-corrected chi connectivity index (χ4v) is 8.94. The zero-order valence-electron chi connectivity index (χ0n) is 30.8. The molecule has 0 amide bonds. The van der Waals surface area contributed by atoms with Crippen LogP contribution in [0.2, 0.25) is 0 Å². The van der Waals surface area contributed by atoms with Gasteiger partial charge in [0.1, 0.15) is 18.1 Å². The second kappa shape index (κ2) is 20.2. The lowest BCUT2D eigenvalue weighted by molar-refractivity contribution is -0.151. The lowest BCUT2D eigenvalue weighted by Crippen LogP contribution is -2.38. The van der Waals surface area contributed by atoms with E-state index in [-0.39, 0.29) is 111 Å². The molecule has 51 heavy (non-hydrogen) atoms. The number of hydrogen-bond acceptors (Lipinski definition) is 12. The summed E-state index contributed by atoms with van der Waals surface area (Å²) in [4.78, 5) is 69.0. The summed E-state index contributed by atoms with van der Waals surface area (Å²) in [6, 6.07) is -0.899. The Hall–Kier alpha value is -3.10. The van der Waals surface area contributed by atoms with Gasteiger partial charge in [0.25, 0.3) is 0 Å². The summed E-state index contributed by atoms with van der Waals surface area (Å²) >= 11 is 0. The summed E-state index contributed by atoms with van der Waals surface area (Å²) in [7, 11) is 0. The van der Waals surface area contributed by atoms with Gasteiger partial charge in [0.2, 0.25) is 0 Å². The SMILES string of the molecule is CC(C)CC(=O)OCC1C(COC(=O)C(N)CCCN=C(N)N)CC(C=O)C1C1CCC(C2C(CO)CC(CO)C2COC(=O)CC(C)C)C1=O. The lowest BCUT2D eigenvalue weighted by Gasteiger charge is -2.32. The highest BCUT2D eigenvalue weighted by Gasteiger charge is 2.56. The van der Waals surface area contributed by atoms with Crippen molar-refractivity contribution in [3.8, 4) is 0 Å². The van der Waals surface area contributed by atoms with Gasteiger partial charge in [-0.15, -0.1) is 0 Å². The third-order valence-electron chi connectivity index (χ3n) is 11.2. The number of aliphatic hydroxyl groups excluding tert-OH is 2. The Labute approximate surface area is 302 Å². The molecule has 3 saturated carbocycles. The van der Waals surface area contributed by atoms with Crippen molar-refractivity contribution in [1.82, 2.24) is 0 Å². The number of aliphatic hydroxyl groups is 2. The molecule has 11 unspecified atom stereocenters. The molecule has 0 aliphatic heterocycles. The van der Waals surface area contributed by atoms with Crippen LogP contribution in [0.5, 0.6) is 0 Å². The van der Waals surface area contributed by atoms with E-state index in [1.54, 1.807) is 0 Å². The van der Waals surface area contributed by atoms with Crippen LogP contribution in [0, 0.1) is 71.0 Å². The van der Waals surface area contributed by atoms with Gasteiger partial charge in [0.15, 0.2) is 5.96 Å². The Morgan fingerprint density at radius 2 is 1.37 bits per heavy atom. The summed E-state index contributed by atoms with van der Waals surface area (Å²) in [6.45, 7) is 7.66. The van der Waals surface area contributed by atoms with E-state index in [2.05, 4.69) is 4.99 Å². The van der Waals surface area contributed by atoms with E-state index < -0.39 is 41.6 Å². The Kier molecular flexibility index (Phi) is 16.8. The quantitative estimate of drug-likeness (QED) is 0.0300. The van der Waals surface area contributed by atoms with E-state index in [9.17, 15) is 34.2 Å². The molecule has 290 valence electrons. The van der Waals surface area contributed by atoms with Gasteiger partial charge in [-0.1, -0.05) is 27.7 Å². The third-order valence-corrected chi connectivity index (χ3v) is 11.2. The topological polar surface area (TPSA) is 244 Å². The van der Waals surface area contributed by atoms with Crippen molar-refractivity contribution >= 4 is 35.9 Å². The number of aldehydes is 1. The standard InChI is InChI=1S/C37H62N4O10/c1-20(2)10-31(45)49-18-28-22(14-42)12-23(15-43)33(28)26-7-8-27(35(26)47)34-24(16-44)13-25(29(34)19-50-32(46)11-21(3)4)17-51-36(48)30(38)6-5-9-41-37(39)40/h16,20-30,33-34,42-43H,5-15,17-19,38H2,1-4H3,(H4,39,40,41). The summed E-state index contributed by atoms with van der Waals surface area (Å²) in [5.41, 5.74) is 16.8. The first-order valence-corrected chi connectivity index (χ1v) is 18.7. The van der Waals surface area contributed by atoms with Crippen LogP contribution < -0.4 is 17.2 Å².